The van der Waals surface area contributed by atoms with Crippen LogP contribution in [0.25, 0.3) is 10.3 Å². The summed E-state index contributed by atoms with van der Waals surface area (Å²) in [5, 5.41) is 3.40. The summed E-state index contributed by atoms with van der Waals surface area (Å²) in [6, 6.07) is 6.48. The number of fused-ring (bicyclic) bond motifs is 1. The fraction of sp³-hybridized carbons (Fsp3) is 0.278. The first kappa shape index (κ1) is 17.6. The van der Waals surface area contributed by atoms with Crippen molar-refractivity contribution < 1.29 is 13.6 Å². The highest BCUT2D eigenvalue weighted by atomic mass is 32.1. The number of hydrogen-bond acceptors (Lipinski definition) is 5. The number of carbonyl (C=O) groups excluding carboxylic acids is 1. The predicted molar refractivity (Wildman–Crippen MR) is 101 cm³/mol. The molecule has 0 aliphatic carbocycles. The molecule has 0 spiro atoms. The van der Waals surface area contributed by atoms with E-state index in [9.17, 15) is 13.6 Å². The minimum Gasteiger partial charge on any atom is -0.346 e. The Hall–Kier alpha value is -2.81. The molecule has 0 bridgehead atoms. The molecule has 1 aliphatic rings. The van der Waals surface area contributed by atoms with E-state index >= 15 is 0 Å². The van der Waals surface area contributed by atoms with Crippen molar-refractivity contribution in [3.05, 3.63) is 48.2 Å². The molecule has 1 aromatic carbocycles. The molecule has 3 aromatic rings. The number of thiazole rings is 1. The Morgan fingerprint density at radius 1 is 1.15 bits per heavy atom. The van der Waals surface area contributed by atoms with Crippen molar-refractivity contribution in [1.82, 2.24) is 14.9 Å². The highest BCUT2D eigenvalue weighted by molar-refractivity contribution is 7.21. The first-order chi connectivity index (χ1) is 13.1. The van der Waals surface area contributed by atoms with Gasteiger partial charge in [0.25, 0.3) is 0 Å². The number of aromatic nitrogens is 2. The summed E-state index contributed by atoms with van der Waals surface area (Å²) in [6.45, 7) is 2.43. The lowest BCUT2D eigenvalue weighted by molar-refractivity contribution is 0.215. The molecule has 1 saturated heterocycles. The summed E-state index contributed by atoms with van der Waals surface area (Å²) < 4.78 is 26.7. The molecule has 140 valence electrons. The molecule has 0 atom stereocenters. The summed E-state index contributed by atoms with van der Waals surface area (Å²) in [5.41, 5.74) is 0.836. The third kappa shape index (κ3) is 3.82. The molecule has 0 saturated carbocycles. The zero-order valence-corrected chi connectivity index (χ0v) is 15.2. The van der Waals surface area contributed by atoms with Gasteiger partial charge in [-0.3, -0.25) is 0 Å². The summed E-state index contributed by atoms with van der Waals surface area (Å²) >= 11 is 1.53. The number of nitrogens with one attached hydrogen (secondary N) is 1. The van der Waals surface area contributed by atoms with Crippen LogP contribution in [0.1, 0.15) is 6.42 Å². The monoisotopic (exact) mass is 389 g/mol. The van der Waals surface area contributed by atoms with Gasteiger partial charge in [-0.15, -0.1) is 0 Å². The largest absolute Gasteiger partial charge is 0.346 e. The van der Waals surface area contributed by atoms with Crippen LogP contribution in [0.2, 0.25) is 0 Å². The Labute approximate surface area is 158 Å². The average Bonchev–Trinajstić information content (AvgIpc) is 2.93. The average molecular weight is 389 g/mol. The summed E-state index contributed by atoms with van der Waals surface area (Å²) in [7, 11) is 0. The molecule has 3 heterocycles. The van der Waals surface area contributed by atoms with Gasteiger partial charge in [-0.1, -0.05) is 11.3 Å². The fourth-order valence-electron chi connectivity index (χ4n) is 2.99. The Balaban J connectivity index is 1.42. The standard InChI is InChI=1S/C18H17F2N5OS/c19-12-4-5-14(13(20)11-12)22-17(26)24-7-2-8-25(10-9-24)18-23-15-3-1-6-21-16(15)27-18/h1,3-6,11H,2,7-10H2,(H,22,26). The van der Waals surface area contributed by atoms with Gasteiger partial charge >= 0.3 is 6.03 Å². The van der Waals surface area contributed by atoms with Gasteiger partial charge in [-0.2, -0.15) is 0 Å². The summed E-state index contributed by atoms with van der Waals surface area (Å²) in [5.74, 6) is -1.47. The Bertz CT molecular complexity index is 946. The normalized spacial score (nSPS) is 15.0. The fourth-order valence-corrected chi connectivity index (χ4v) is 3.95. The lowest BCUT2D eigenvalue weighted by atomic mass is 10.3. The number of rotatable bonds is 2. The van der Waals surface area contributed by atoms with Crippen LogP contribution in [0.15, 0.2) is 36.5 Å². The van der Waals surface area contributed by atoms with E-state index in [1.807, 2.05) is 12.1 Å². The minimum absolute atomic E-state index is 0.0280. The van der Waals surface area contributed by atoms with Crippen LogP contribution in [0.4, 0.5) is 24.4 Å². The van der Waals surface area contributed by atoms with Crippen LogP contribution in [-0.4, -0.2) is 47.1 Å². The highest BCUT2D eigenvalue weighted by Crippen LogP contribution is 2.27. The van der Waals surface area contributed by atoms with Gasteiger partial charge in [0.05, 0.1) is 5.69 Å². The zero-order valence-electron chi connectivity index (χ0n) is 14.4. The Morgan fingerprint density at radius 3 is 2.85 bits per heavy atom. The van der Waals surface area contributed by atoms with Crippen molar-refractivity contribution in [2.24, 2.45) is 0 Å². The van der Waals surface area contributed by atoms with Crippen molar-refractivity contribution in [2.45, 2.75) is 6.42 Å². The van der Waals surface area contributed by atoms with E-state index in [-0.39, 0.29) is 5.69 Å². The maximum atomic E-state index is 13.7. The molecular weight excluding hydrogens is 372 g/mol. The first-order valence-corrected chi connectivity index (χ1v) is 9.39. The lowest BCUT2D eigenvalue weighted by Gasteiger charge is -2.22. The SMILES string of the molecule is O=C(Nc1ccc(F)cc1F)N1CCCN(c2nc3cccnc3s2)CC1. The van der Waals surface area contributed by atoms with Crippen LogP contribution < -0.4 is 10.2 Å². The van der Waals surface area contributed by atoms with Crippen molar-refractivity contribution in [3.63, 3.8) is 0 Å². The number of urea groups is 1. The summed E-state index contributed by atoms with van der Waals surface area (Å²) in [4.78, 5) is 26.0. The van der Waals surface area contributed by atoms with Crippen LogP contribution in [-0.2, 0) is 0 Å². The molecule has 9 heteroatoms. The highest BCUT2D eigenvalue weighted by Gasteiger charge is 2.22. The second-order valence-corrected chi connectivity index (χ2v) is 7.16. The first-order valence-electron chi connectivity index (χ1n) is 8.57. The van der Waals surface area contributed by atoms with Crippen molar-refractivity contribution in [2.75, 3.05) is 36.4 Å². The third-order valence-corrected chi connectivity index (χ3v) is 5.42. The number of carbonyl (C=O) groups is 1. The third-order valence-electron chi connectivity index (χ3n) is 4.38. The number of benzene rings is 1. The predicted octanol–water partition coefficient (Wildman–Crippen LogP) is 3.71. The van der Waals surface area contributed by atoms with Gasteiger partial charge in [-0.25, -0.2) is 23.5 Å². The smallest absolute Gasteiger partial charge is 0.321 e. The van der Waals surface area contributed by atoms with Crippen LogP contribution >= 0.6 is 11.3 Å². The van der Waals surface area contributed by atoms with Gasteiger partial charge in [0.1, 0.15) is 22.0 Å². The topological polar surface area (TPSA) is 61.4 Å². The lowest BCUT2D eigenvalue weighted by Crippen LogP contribution is -2.38. The van der Waals surface area contributed by atoms with Crippen molar-refractivity contribution in [3.8, 4) is 0 Å². The van der Waals surface area contributed by atoms with E-state index in [1.165, 1.54) is 17.4 Å². The van der Waals surface area contributed by atoms with E-state index in [4.69, 9.17) is 0 Å². The van der Waals surface area contributed by atoms with Gasteiger partial charge in [0.2, 0.25) is 0 Å². The molecule has 1 aliphatic heterocycles. The number of pyridine rings is 1. The van der Waals surface area contributed by atoms with Gasteiger partial charge in [0, 0.05) is 38.4 Å². The number of nitrogens with zero attached hydrogens (tertiary/aromatic N) is 4. The molecule has 0 radical (unpaired) electrons. The molecule has 2 aromatic heterocycles. The molecule has 6 nitrogen and oxygen atoms in total. The quantitative estimate of drug-likeness (QED) is 0.726. The Morgan fingerprint density at radius 2 is 2.04 bits per heavy atom. The van der Waals surface area contributed by atoms with Crippen LogP contribution in [0.5, 0.6) is 0 Å². The molecule has 0 unspecified atom stereocenters. The van der Waals surface area contributed by atoms with E-state index in [0.29, 0.717) is 19.6 Å². The number of halogens is 2. The van der Waals surface area contributed by atoms with E-state index < -0.39 is 17.7 Å². The van der Waals surface area contributed by atoms with Crippen molar-refractivity contribution in [1.29, 1.82) is 0 Å². The minimum atomic E-state index is -0.790. The molecule has 2 amide bonds. The second kappa shape index (κ2) is 7.43. The van der Waals surface area contributed by atoms with Crippen LogP contribution in [0.3, 0.4) is 0 Å². The number of amides is 2. The number of hydrogen-bond donors (Lipinski definition) is 1. The van der Waals surface area contributed by atoms with Crippen molar-refractivity contribution >= 4 is 38.5 Å². The molecule has 1 fully saturated rings. The molecule has 27 heavy (non-hydrogen) atoms. The maximum Gasteiger partial charge on any atom is 0.321 e. The Kier molecular flexibility index (Phi) is 4.85. The zero-order chi connectivity index (χ0) is 18.8. The van der Waals surface area contributed by atoms with Crippen LogP contribution in [0, 0.1) is 11.6 Å². The second-order valence-electron chi connectivity index (χ2n) is 6.21. The van der Waals surface area contributed by atoms with Gasteiger partial charge in [0.15, 0.2) is 5.13 Å². The van der Waals surface area contributed by atoms with Gasteiger partial charge in [-0.05, 0) is 30.7 Å². The molecular formula is C18H17F2N5OS. The summed E-state index contributed by atoms with van der Waals surface area (Å²) in [6.07, 6.45) is 2.51. The maximum absolute atomic E-state index is 13.7. The van der Waals surface area contributed by atoms with E-state index in [1.54, 1.807) is 11.1 Å². The molecule has 1 N–H and O–H groups in total. The van der Waals surface area contributed by atoms with Gasteiger partial charge < -0.3 is 15.1 Å². The van der Waals surface area contributed by atoms with E-state index in [0.717, 1.165) is 40.6 Å². The van der Waals surface area contributed by atoms with E-state index in [2.05, 4.69) is 20.2 Å². The number of anilines is 2. The molecule has 4 rings (SSSR count).